The summed E-state index contributed by atoms with van der Waals surface area (Å²) in [4.78, 5) is 4.52. The fourth-order valence-corrected chi connectivity index (χ4v) is 3.51. The Bertz CT molecular complexity index is 494. The van der Waals surface area contributed by atoms with E-state index in [4.69, 9.17) is 0 Å². The summed E-state index contributed by atoms with van der Waals surface area (Å²) in [6.45, 7) is 2.22. The monoisotopic (exact) mass is 268 g/mol. The van der Waals surface area contributed by atoms with Crippen molar-refractivity contribution in [1.29, 1.82) is 0 Å². The zero-order valence-corrected chi connectivity index (χ0v) is 12.4. The van der Waals surface area contributed by atoms with E-state index in [1.165, 1.54) is 44.1 Å². The summed E-state index contributed by atoms with van der Waals surface area (Å²) < 4.78 is 0. The normalized spacial score (nSPS) is 27.4. The van der Waals surface area contributed by atoms with Crippen molar-refractivity contribution >= 4 is 0 Å². The summed E-state index contributed by atoms with van der Waals surface area (Å²) >= 11 is 0. The summed E-state index contributed by atoms with van der Waals surface area (Å²) in [6, 6.07) is 5.76. The van der Waals surface area contributed by atoms with Crippen LogP contribution in [0.25, 0.3) is 0 Å². The molecule has 1 aromatic heterocycles. The van der Waals surface area contributed by atoms with Gasteiger partial charge in [0.2, 0.25) is 0 Å². The lowest BCUT2D eigenvalue weighted by Gasteiger charge is -2.19. The predicted molar refractivity (Wildman–Crippen MR) is 82.6 cm³/mol. The molecule has 3 heterocycles. The van der Waals surface area contributed by atoms with Gasteiger partial charge in [0, 0.05) is 30.6 Å². The van der Waals surface area contributed by atoms with Crippen molar-refractivity contribution in [2.75, 3.05) is 0 Å². The van der Waals surface area contributed by atoms with Gasteiger partial charge in [-0.05, 0) is 43.2 Å². The average molecular weight is 268 g/mol. The van der Waals surface area contributed by atoms with Gasteiger partial charge in [0.15, 0.2) is 0 Å². The molecular formula is C18H24N2. The number of pyridine rings is 1. The van der Waals surface area contributed by atoms with E-state index < -0.39 is 0 Å². The second kappa shape index (κ2) is 6.41. The van der Waals surface area contributed by atoms with Gasteiger partial charge in [-0.3, -0.25) is 0 Å². The van der Waals surface area contributed by atoms with Crippen LogP contribution in [-0.4, -0.2) is 17.1 Å². The maximum atomic E-state index is 4.52. The van der Waals surface area contributed by atoms with Crippen LogP contribution in [-0.2, 0) is 0 Å². The summed E-state index contributed by atoms with van der Waals surface area (Å²) in [6.07, 6.45) is 10.7. The highest BCUT2D eigenvalue weighted by Gasteiger charge is 2.39. The number of unbranched alkanes of at least 4 members (excludes halogenated alkanes) is 3. The molecule has 20 heavy (non-hydrogen) atoms. The molecule has 0 aromatic carbocycles. The lowest BCUT2D eigenvalue weighted by molar-refractivity contribution is 0.505. The Labute approximate surface area is 122 Å². The lowest BCUT2D eigenvalue weighted by atomic mass is 9.84. The highest BCUT2D eigenvalue weighted by molar-refractivity contribution is 5.31. The first kappa shape index (κ1) is 13.6. The molecular weight excluding hydrogens is 244 g/mol. The van der Waals surface area contributed by atoms with Crippen LogP contribution in [0.1, 0.15) is 69.0 Å². The van der Waals surface area contributed by atoms with Crippen molar-refractivity contribution in [3.63, 3.8) is 0 Å². The molecule has 2 fully saturated rings. The van der Waals surface area contributed by atoms with Gasteiger partial charge in [-0.15, -0.1) is 0 Å². The molecule has 2 bridgehead atoms. The Morgan fingerprint density at radius 3 is 2.90 bits per heavy atom. The molecule has 2 nitrogen and oxygen atoms in total. The van der Waals surface area contributed by atoms with E-state index in [9.17, 15) is 0 Å². The number of rotatable bonds is 4. The Morgan fingerprint density at radius 2 is 2.25 bits per heavy atom. The van der Waals surface area contributed by atoms with E-state index in [0.29, 0.717) is 12.0 Å². The quantitative estimate of drug-likeness (QED) is 0.666. The molecule has 106 valence electrons. The Morgan fingerprint density at radius 1 is 1.30 bits per heavy atom. The maximum absolute atomic E-state index is 4.52. The second-order valence-corrected chi connectivity index (χ2v) is 6.13. The van der Waals surface area contributed by atoms with Gasteiger partial charge >= 0.3 is 0 Å². The Balaban J connectivity index is 1.57. The number of hydrogen-bond donors (Lipinski definition) is 1. The molecule has 0 spiro atoms. The van der Waals surface area contributed by atoms with E-state index in [0.717, 1.165) is 18.2 Å². The minimum atomic E-state index is 0.674. The summed E-state index contributed by atoms with van der Waals surface area (Å²) in [5, 5.41) is 3.69. The summed E-state index contributed by atoms with van der Waals surface area (Å²) in [5.41, 5.74) is 2.31. The van der Waals surface area contributed by atoms with Crippen molar-refractivity contribution in [3.05, 3.63) is 29.6 Å². The molecule has 3 rings (SSSR count). The first-order valence-electron chi connectivity index (χ1n) is 8.07. The van der Waals surface area contributed by atoms with Gasteiger partial charge in [0.25, 0.3) is 0 Å². The Hall–Kier alpha value is -1.33. The van der Waals surface area contributed by atoms with Crippen molar-refractivity contribution in [2.45, 2.75) is 69.9 Å². The van der Waals surface area contributed by atoms with Crippen LogP contribution in [0.5, 0.6) is 0 Å². The van der Waals surface area contributed by atoms with Crippen LogP contribution in [0.4, 0.5) is 0 Å². The van der Waals surface area contributed by atoms with E-state index >= 15 is 0 Å². The van der Waals surface area contributed by atoms with Crippen molar-refractivity contribution in [1.82, 2.24) is 10.3 Å². The van der Waals surface area contributed by atoms with Crippen LogP contribution in [0.3, 0.4) is 0 Å². The van der Waals surface area contributed by atoms with Gasteiger partial charge in [0.1, 0.15) is 5.69 Å². The zero-order chi connectivity index (χ0) is 13.8. The molecule has 2 aliphatic heterocycles. The number of hydrogen-bond acceptors (Lipinski definition) is 2. The van der Waals surface area contributed by atoms with Crippen LogP contribution in [0.2, 0.25) is 0 Å². The third-order valence-electron chi connectivity index (χ3n) is 4.64. The first-order valence-corrected chi connectivity index (χ1v) is 8.07. The molecule has 0 aliphatic carbocycles. The highest BCUT2D eigenvalue weighted by Crippen LogP contribution is 2.39. The van der Waals surface area contributed by atoms with Crippen molar-refractivity contribution in [3.8, 4) is 11.8 Å². The van der Waals surface area contributed by atoms with Gasteiger partial charge in [-0.25, -0.2) is 4.98 Å². The third kappa shape index (κ3) is 3.04. The third-order valence-corrected chi connectivity index (χ3v) is 4.64. The van der Waals surface area contributed by atoms with E-state index in [2.05, 4.69) is 41.2 Å². The molecule has 2 aliphatic rings. The number of fused-ring (bicyclic) bond motifs is 2. The van der Waals surface area contributed by atoms with Gasteiger partial charge in [-0.2, -0.15) is 0 Å². The number of aromatic nitrogens is 1. The van der Waals surface area contributed by atoms with Gasteiger partial charge in [0.05, 0.1) is 0 Å². The SMILES string of the molecule is CCCCCC#Cc1ccc(C2CC3CCC2N3)cn1. The number of nitrogens with zero attached hydrogens (tertiary/aromatic N) is 1. The second-order valence-electron chi connectivity index (χ2n) is 6.13. The molecule has 3 atom stereocenters. The fraction of sp³-hybridized carbons (Fsp3) is 0.611. The van der Waals surface area contributed by atoms with Gasteiger partial charge in [-0.1, -0.05) is 31.8 Å². The largest absolute Gasteiger partial charge is 0.311 e. The average Bonchev–Trinajstić information content (AvgIpc) is 3.10. The molecule has 2 saturated heterocycles. The molecule has 0 saturated carbocycles. The van der Waals surface area contributed by atoms with Crippen LogP contribution < -0.4 is 5.32 Å². The maximum Gasteiger partial charge on any atom is 0.113 e. The summed E-state index contributed by atoms with van der Waals surface area (Å²) in [7, 11) is 0. The lowest BCUT2D eigenvalue weighted by Crippen LogP contribution is -2.21. The molecule has 2 heteroatoms. The van der Waals surface area contributed by atoms with Crippen molar-refractivity contribution < 1.29 is 0 Å². The topological polar surface area (TPSA) is 24.9 Å². The van der Waals surface area contributed by atoms with Crippen LogP contribution in [0, 0.1) is 11.8 Å². The molecule has 0 radical (unpaired) electrons. The smallest absolute Gasteiger partial charge is 0.113 e. The Kier molecular flexibility index (Phi) is 4.38. The highest BCUT2D eigenvalue weighted by atomic mass is 15.0. The summed E-state index contributed by atoms with van der Waals surface area (Å²) in [5.74, 6) is 7.08. The van der Waals surface area contributed by atoms with Crippen LogP contribution >= 0.6 is 0 Å². The molecule has 0 amide bonds. The number of nitrogens with one attached hydrogen (secondary N) is 1. The van der Waals surface area contributed by atoms with E-state index in [1.54, 1.807) is 0 Å². The van der Waals surface area contributed by atoms with E-state index in [-0.39, 0.29) is 0 Å². The van der Waals surface area contributed by atoms with Crippen LogP contribution in [0.15, 0.2) is 18.3 Å². The van der Waals surface area contributed by atoms with Gasteiger partial charge < -0.3 is 5.32 Å². The predicted octanol–water partition coefficient (Wildman–Crippen LogP) is 3.62. The van der Waals surface area contributed by atoms with E-state index in [1.807, 2.05) is 6.20 Å². The molecule has 1 aromatic rings. The minimum Gasteiger partial charge on any atom is -0.311 e. The molecule has 3 unspecified atom stereocenters. The first-order chi connectivity index (χ1) is 9.86. The van der Waals surface area contributed by atoms with Crippen molar-refractivity contribution in [2.24, 2.45) is 0 Å². The molecule has 1 N–H and O–H groups in total. The minimum absolute atomic E-state index is 0.674. The zero-order valence-electron chi connectivity index (χ0n) is 12.4. The fourth-order valence-electron chi connectivity index (χ4n) is 3.51. The standard InChI is InChI=1S/C18H24N2/c1-2-3-4-5-6-7-15-9-8-14(13-19-15)17-12-16-10-11-18(17)20-16/h8-9,13,16-18,20H,2-5,10-12H2,1H3.